The average molecular weight is 169 g/mol. The zero-order valence-corrected chi connectivity index (χ0v) is 6.51. The molecule has 3 nitrogen and oxygen atoms in total. The van der Waals surface area contributed by atoms with Crippen LogP contribution >= 0.6 is 12.6 Å². The van der Waals surface area contributed by atoms with Crippen molar-refractivity contribution in [2.45, 2.75) is 4.90 Å². The second-order valence-electron chi connectivity index (χ2n) is 1.95. The van der Waals surface area contributed by atoms with Crippen LogP contribution in [0.3, 0.4) is 0 Å². The van der Waals surface area contributed by atoms with Crippen molar-refractivity contribution >= 4 is 24.4 Å². The molecule has 58 valence electrons. The lowest BCUT2D eigenvalue weighted by Gasteiger charge is -2.01. The predicted molar refractivity (Wildman–Crippen MR) is 45.3 cm³/mol. The Balaban J connectivity index is 2.86. The van der Waals surface area contributed by atoms with Crippen molar-refractivity contribution in [2.24, 2.45) is 0 Å². The quantitative estimate of drug-likeness (QED) is 0.563. The molecule has 0 aliphatic rings. The highest BCUT2D eigenvalue weighted by Crippen LogP contribution is 2.17. The topological polar surface area (TPSA) is 49.3 Å². The summed E-state index contributed by atoms with van der Waals surface area (Å²) in [6, 6.07) is 6.89. The maximum absolute atomic E-state index is 10.2. The van der Waals surface area contributed by atoms with Gasteiger partial charge in [-0.2, -0.15) is 0 Å². The highest BCUT2D eigenvalue weighted by Gasteiger charge is 1.99. The minimum Gasteiger partial charge on any atom is -0.465 e. The molecule has 0 spiro atoms. The lowest BCUT2D eigenvalue weighted by molar-refractivity contribution is 0.209. The van der Waals surface area contributed by atoms with Crippen LogP contribution in [-0.4, -0.2) is 11.2 Å². The first-order chi connectivity index (χ1) is 5.20. The van der Waals surface area contributed by atoms with Gasteiger partial charge in [-0.1, -0.05) is 12.1 Å². The second-order valence-corrected chi connectivity index (χ2v) is 2.43. The largest absolute Gasteiger partial charge is 0.465 e. The summed E-state index contributed by atoms with van der Waals surface area (Å²) in [5.74, 6) is 0. The number of carboxylic acid groups (broad SMARTS) is 1. The molecular formula is C7H7NO2S. The van der Waals surface area contributed by atoms with Crippen LogP contribution in [0.1, 0.15) is 0 Å². The Labute approximate surface area is 69.5 Å². The van der Waals surface area contributed by atoms with Gasteiger partial charge in [0.25, 0.3) is 0 Å². The molecule has 0 heterocycles. The predicted octanol–water partition coefficient (Wildman–Crippen LogP) is 2.07. The second kappa shape index (κ2) is 3.30. The summed E-state index contributed by atoms with van der Waals surface area (Å²) >= 11 is 4.05. The number of carbonyl (C=O) groups is 1. The Hall–Kier alpha value is -1.16. The average Bonchev–Trinajstić information content (AvgIpc) is 1.93. The van der Waals surface area contributed by atoms with Crippen molar-refractivity contribution in [3.63, 3.8) is 0 Å². The highest BCUT2D eigenvalue weighted by molar-refractivity contribution is 7.80. The van der Waals surface area contributed by atoms with E-state index in [1.807, 2.05) is 0 Å². The first-order valence-electron chi connectivity index (χ1n) is 2.98. The third kappa shape index (κ3) is 2.16. The zero-order chi connectivity index (χ0) is 8.27. The SMILES string of the molecule is O=C(O)Nc1ccccc1S. The molecular weight excluding hydrogens is 162 g/mol. The van der Waals surface area contributed by atoms with Crippen LogP contribution in [0, 0.1) is 0 Å². The van der Waals surface area contributed by atoms with Crippen LogP contribution in [-0.2, 0) is 0 Å². The lowest BCUT2D eigenvalue weighted by atomic mass is 10.3. The Morgan fingerprint density at radius 2 is 2.09 bits per heavy atom. The summed E-state index contributed by atoms with van der Waals surface area (Å²) in [7, 11) is 0. The van der Waals surface area contributed by atoms with Crippen LogP contribution in [0.15, 0.2) is 29.2 Å². The molecule has 1 aromatic rings. The van der Waals surface area contributed by atoms with Crippen molar-refractivity contribution in [3.8, 4) is 0 Å². The summed E-state index contributed by atoms with van der Waals surface area (Å²) in [6.45, 7) is 0. The minimum absolute atomic E-state index is 0.503. The van der Waals surface area contributed by atoms with E-state index in [4.69, 9.17) is 5.11 Å². The van der Waals surface area contributed by atoms with Crippen LogP contribution in [0.5, 0.6) is 0 Å². The molecule has 0 unspecified atom stereocenters. The van der Waals surface area contributed by atoms with E-state index in [2.05, 4.69) is 17.9 Å². The molecule has 1 amide bonds. The van der Waals surface area contributed by atoms with E-state index in [9.17, 15) is 4.79 Å². The van der Waals surface area contributed by atoms with Gasteiger partial charge in [0.05, 0.1) is 5.69 Å². The number of hydrogen-bond donors (Lipinski definition) is 3. The fourth-order valence-corrected chi connectivity index (χ4v) is 0.911. The lowest BCUT2D eigenvalue weighted by Crippen LogP contribution is -2.07. The van der Waals surface area contributed by atoms with E-state index < -0.39 is 6.09 Å². The van der Waals surface area contributed by atoms with Gasteiger partial charge in [-0.3, -0.25) is 5.32 Å². The smallest absolute Gasteiger partial charge is 0.409 e. The molecule has 0 saturated carbocycles. The normalized spacial score (nSPS) is 9.18. The number of hydrogen-bond acceptors (Lipinski definition) is 2. The Kier molecular flexibility index (Phi) is 2.38. The zero-order valence-electron chi connectivity index (χ0n) is 5.61. The summed E-state index contributed by atoms with van der Waals surface area (Å²) in [5, 5.41) is 10.6. The highest BCUT2D eigenvalue weighted by atomic mass is 32.1. The molecule has 0 bridgehead atoms. The molecule has 0 atom stereocenters. The molecule has 2 N–H and O–H groups in total. The molecule has 0 aliphatic heterocycles. The van der Waals surface area contributed by atoms with E-state index in [0.717, 1.165) is 0 Å². The van der Waals surface area contributed by atoms with Crippen molar-refractivity contribution in [3.05, 3.63) is 24.3 Å². The molecule has 1 rings (SSSR count). The summed E-state index contributed by atoms with van der Waals surface area (Å²) in [4.78, 5) is 10.8. The number of nitrogens with one attached hydrogen (secondary N) is 1. The first kappa shape index (κ1) is 7.94. The Morgan fingerprint density at radius 3 is 2.64 bits per heavy atom. The van der Waals surface area contributed by atoms with Gasteiger partial charge in [-0.05, 0) is 12.1 Å². The van der Waals surface area contributed by atoms with Gasteiger partial charge < -0.3 is 5.11 Å². The van der Waals surface area contributed by atoms with E-state index in [0.29, 0.717) is 10.6 Å². The van der Waals surface area contributed by atoms with Crippen LogP contribution < -0.4 is 5.32 Å². The Morgan fingerprint density at radius 1 is 1.45 bits per heavy atom. The molecule has 0 aromatic heterocycles. The standard InChI is InChI=1S/C7H7NO2S/c9-7(10)8-5-3-1-2-4-6(5)11/h1-4,8,11H,(H,9,10). The Bertz CT molecular complexity index is 275. The molecule has 0 fully saturated rings. The van der Waals surface area contributed by atoms with Crippen molar-refractivity contribution in [2.75, 3.05) is 5.32 Å². The van der Waals surface area contributed by atoms with E-state index in [1.54, 1.807) is 24.3 Å². The summed E-state index contributed by atoms with van der Waals surface area (Å²) < 4.78 is 0. The van der Waals surface area contributed by atoms with E-state index in [-0.39, 0.29) is 0 Å². The molecule has 11 heavy (non-hydrogen) atoms. The molecule has 0 saturated heterocycles. The van der Waals surface area contributed by atoms with Gasteiger partial charge in [-0.15, -0.1) is 12.6 Å². The first-order valence-corrected chi connectivity index (χ1v) is 3.43. The van der Waals surface area contributed by atoms with Crippen molar-refractivity contribution < 1.29 is 9.90 Å². The number of para-hydroxylation sites is 1. The van der Waals surface area contributed by atoms with Gasteiger partial charge in [-0.25, -0.2) is 4.79 Å². The van der Waals surface area contributed by atoms with Gasteiger partial charge in [0.1, 0.15) is 0 Å². The molecule has 0 radical (unpaired) electrons. The number of thiol groups is 1. The minimum atomic E-state index is -1.08. The molecule has 1 aromatic carbocycles. The maximum Gasteiger partial charge on any atom is 0.409 e. The van der Waals surface area contributed by atoms with Crippen molar-refractivity contribution in [1.29, 1.82) is 0 Å². The summed E-state index contributed by atoms with van der Waals surface area (Å²) in [5.41, 5.74) is 0.503. The number of anilines is 1. The summed E-state index contributed by atoms with van der Waals surface area (Å²) in [6.07, 6.45) is -1.08. The molecule has 0 aliphatic carbocycles. The number of amides is 1. The van der Waals surface area contributed by atoms with Gasteiger partial charge in [0.2, 0.25) is 0 Å². The fraction of sp³-hybridized carbons (Fsp3) is 0. The third-order valence-electron chi connectivity index (χ3n) is 1.15. The van der Waals surface area contributed by atoms with E-state index >= 15 is 0 Å². The third-order valence-corrected chi connectivity index (χ3v) is 1.54. The number of rotatable bonds is 1. The van der Waals surface area contributed by atoms with E-state index in [1.165, 1.54) is 0 Å². The number of benzene rings is 1. The van der Waals surface area contributed by atoms with Gasteiger partial charge >= 0.3 is 6.09 Å². The fourth-order valence-electron chi connectivity index (χ4n) is 0.695. The van der Waals surface area contributed by atoms with Crippen LogP contribution in [0.2, 0.25) is 0 Å². The van der Waals surface area contributed by atoms with Crippen LogP contribution in [0.4, 0.5) is 10.5 Å². The van der Waals surface area contributed by atoms with Gasteiger partial charge in [0.15, 0.2) is 0 Å². The van der Waals surface area contributed by atoms with Crippen molar-refractivity contribution in [1.82, 2.24) is 0 Å². The maximum atomic E-state index is 10.2. The van der Waals surface area contributed by atoms with Crippen LogP contribution in [0.25, 0.3) is 0 Å². The van der Waals surface area contributed by atoms with Gasteiger partial charge in [0, 0.05) is 4.90 Å². The monoisotopic (exact) mass is 169 g/mol. The molecule has 4 heteroatoms.